The molecule has 0 radical (unpaired) electrons. The van der Waals surface area contributed by atoms with Crippen LogP contribution in [0.15, 0.2) is 59.1 Å². The quantitative estimate of drug-likeness (QED) is 0.798. The SMILES string of the molecule is O=C(/C=C/c1ccc(Br)cc1)NCCN1CCc2ccccc2C1. The van der Waals surface area contributed by atoms with E-state index in [1.54, 1.807) is 6.08 Å². The molecule has 0 atom stereocenters. The van der Waals surface area contributed by atoms with Gasteiger partial charge in [0.1, 0.15) is 0 Å². The Morgan fingerprint density at radius 2 is 1.88 bits per heavy atom. The molecule has 0 aliphatic carbocycles. The number of amides is 1. The third kappa shape index (κ3) is 4.79. The van der Waals surface area contributed by atoms with Crippen LogP contribution in [0, 0.1) is 0 Å². The molecule has 3 rings (SSSR count). The maximum Gasteiger partial charge on any atom is 0.244 e. The fourth-order valence-electron chi connectivity index (χ4n) is 2.89. The van der Waals surface area contributed by atoms with Gasteiger partial charge < -0.3 is 5.32 Å². The number of hydrogen-bond acceptors (Lipinski definition) is 2. The van der Waals surface area contributed by atoms with Crippen molar-refractivity contribution in [3.05, 3.63) is 75.8 Å². The van der Waals surface area contributed by atoms with Gasteiger partial charge in [0, 0.05) is 36.7 Å². The highest BCUT2D eigenvalue weighted by Gasteiger charge is 2.14. The van der Waals surface area contributed by atoms with Crippen LogP contribution >= 0.6 is 15.9 Å². The molecule has 0 fully saturated rings. The molecular formula is C20H21BrN2O. The minimum Gasteiger partial charge on any atom is -0.351 e. The monoisotopic (exact) mass is 384 g/mol. The van der Waals surface area contributed by atoms with Crippen LogP contribution in [-0.4, -0.2) is 30.4 Å². The molecule has 1 aliphatic heterocycles. The number of fused-ring (bicyclic) bond motifs is 1. The summed E-state index contributed by atoms with van der Waals surface area (Å²) in [6, 6.07) is 16.5. The first-order valence-electron chi connectivity index (χ1n) is 8.21. The van der Waals surface area contributed by atoms with Crippen molar-refractivity contribution >= 4 is 27.9 Å². The van der Waals surface area contributed by atoms with Crippen LogP contribution in [0.25, 0.3) is 6.08 Å². The average Bonchev–Trinajstić information content (AvgIpc) is 2.61. The molecule has 0 saturated carbocycles. The van der Waals surface area contributed by atoms with E-state index < -0.39 is 0 Å². The summed E-state index contributed by atoms with van der Waals surface area (Å²) in [4.78, 5) is 14.3. The fraction of sp³-hybridized carbons (Fsp3) is 0.250. The predicted octanol–water partition coefficient (Wildman–Crippen LogP) is 3.64. The van der Waals surface area contributed by atoms with E-state index in [4.69, 9.17) is 0 Å². The molecule has 3 nitrogen and oxygen atoms in total. The Labute approximate surface area is 151 Å². The molecule has 0 unspecified atom stereocenters. The van der Waals surface area contributed by atoms with Crippen molar-refractivity contribution in [2.24, 2.45) is 0 Å². The zero-order valence-corrected chi connectivity index (χ0v) is 15.1. The largest absolute Gasteiger partial charge is 0.351 e. The molecule has 2 aromatic rings. The molecule has 1 aliphatic rings. The van der Waals surface area contributed by atoms with Crippen LogP contribution in [0.2, 0.25) is 0 Å². The van der Waals surface area contributed by atoms with Crippen LogP contribution in [0.3, 0.4) is 0 Å². The lowest BCUT2D eigenvalue weighted by molar-refractivity contribution is -0.116. The van der Waals surface area contributed by atoms with Crippen molar-refractivity contribution < 1.29 is 4.79 Å². The highest BCUT2D eigenvalue weighted by Crippen LogP contribution is 2.17. The van der Waals surface area contributed by atoms with E-state index in [0.717, 1.165) is 36.1 Å². The zero-order valence-electron chi connectivity index (χ0n) is 13.5. The normalized spacial score (nSPS) is 14.5. The van der Waals surface area contributed by atoms with E-state index in [-0.39, 0.29) is 5.91 Å². The van der Waals surface area contributed by atoms with Gasteiger partial charge in [0.15, 0.2) is 0 Å². The first kappa shape index (κ1) is 16.9. The van der Waals surface area contributed by atoms with Crippen LogP contribution in [0.5, 0.6) is 0 Å². The topological polar surface area (TPSA) is 32.3 Å². The summed E-state index contributed by atoms with van der Waals surface area (Å²) in [5.74, 6) is -0.0460. The van der Waals surface area contributed by atoms with Gasteiger partial charge in [-0.2, -0.15) is 0 Å². The predicted molar refractivity (Wildman–Crippen MR) is 102 cm³/mol. The number of nitrogens with one attached hydrogen (secondary N) is 1. The van der Waals surface area contributed by atoms with Crippen molar-refractivity contribution in [1.29, 1.82) is 0 Å². The Bertz CT molecular complexity index is 725. The van der Waals surface area contributed by atoms with Gasteiger partial charge in [0.05, 0.1) is 0 Å². The van der Waals surface area contributed by atoms with E-state index in [9.17, 15) is 4.79 Å². The summed E-state index contributed by atoms with van der Waals surface area (Å²) in [5, 5.41) is 2.96. The Balaban J connectivity index is 1.42. The Hall–Kier alpha value is -1.91. The summed E-state index contributed by atoms with van der Waals surface area (Å²) < 4.78 is 1.03. The number of carbonyl (C=O) groups excluding carboxylic acids is 1. The molecule has 0 bridgehead atoms. The first-order valence-corrected chi connectivity index (χ1v) is 9.00. The second-order valence-corrected chi connectivity index (χ2v) is 6.89. The number of nitrogens with zero attached hydrogens (tertiary/aromatic N) is 1. The standard InChI is InChI=1S/C20H21BrN2O/c21-19-8-5-16(6-9-19)7-10-20(24)22-12-14-23-13-11-17-3-1-2-4-18(17)15-23/h1-10H,11-15H2,(H,22,24)/b10-7+. The molecule has 24 heavy (non-hydrogen) atoms. The third-order valence-electron chi connectivity index (χ3n) is 4.23. The van der Waals surface area contributed by atoms with Crippen molar-refractivity contribution in [1.82, 2.24) is 10.2 Å². The van der Waals surface area contributed by atoms with Gasteiger partial charge in [-0.25, -0.2) is 0 Å². The molecule has 0 saturated heterocycles. The Morgan fingerprint density at radius 3 is 2.67 bits per heavy atom. The maximum atomic E-state index is 11.9. The summed E-state index contributed by atoms with van der Waals surface area (Å²) in [6.45, 7) is 3.58. The lowest BCUT2D eigenvalue weighted by Gasteiger charge is -2.28. The molecular weight excluding hydrogens is 364 g/mol. The van der Waals surface area contributed by atoms with E-state index >= 15 is 0 Å². The van der Waals surface area contributed by atoms with Crippen molar-refractivity contribution in [2.45, 2.75) is 13.0 Å². The molecule has 124 valence electrons. The fourth-order valence-corrected chi connectivity index (χ4v) is 3.15. The second kappa shape index (κ2) is 8.27. The van der Waals surface area contributed by atoms with Crippen molar-refractivity contribution in [3.63, 3.8) is 0 Å². The zero-order chi connectivity index (χ0) is 16.8. The van der Waals surface area contributed by atoms with Crippen LogP contribution in [0.1, 0.15) is 16.7 Å². The third-order valence-corrected chi connectivity index (χ3v) is 4.76. The van der Waals surface area contributed by atoms with E-state index in [1.807, 2.05) is 30.3 Å². The molecule has 4 heteroatoms. The average molecular weight is 385 g/mol. The minimum absolute atomic E-state index is 0.0460. The van der Waals surface area contributed by atoms with Crippen molar-refractivity contribution in [2.75, 3.05) is 19.6 Å². The second-order valence-electron chi connectivity index (χ2n) is 5.97. The highest BCUT2D eigenvalue weighted by molar-refractivity contribution is 9.10. The van der Waals surface area contributed by atoms with E-state index in [2.05, 4.69) is 50.4 Å². The number of hydrogen-bond donors (Lipinski definition) is 1. The van der Waals surface area contributed by atoms with Crippen LogP contribution in [0.4, 0.5) is 0 Å². The van der Waals surface area contributed by atoms with Gasteiger partial charge in [-0.1, -0.05) is 52.3 Å². The van der Waals surface area contributed by atoms with Gasteiger partial charge >= 0.3 is 0 Å². The smallest absolute Gasteiger partial charge is 0.244 e. The summed E-state index contributed by atoms with van der Waals surface area (Å²) >= 11 is 3.40. The number of benzene rings is 2. The van der Waals surface area contributed by atoms with Crippen LogP contribution in [-0.2, 0) is 17.8 Å². The summed E-state index contributed by atoms with van der Waals surface area (Å²) in [7, 11) is 0. The number of rotatable bonds is 5. The number of carbonyl (C=O) groups is 1. The summed E-state index contributed by atoms with van der Waals surface area (Å²) in [5.41, 5.74) is 3.88. The minimum atomic E-state index is -0.0460. The van der Waals surface area contributed by atoms with Gasteiger partial charge in [0.2, 0.25) is 5.91 Å². The van der Waals surface area contributed by atoms with Gasteiger partial charge in [0.25, 0.3) is 0 Å². The molecule has 1 amide bonds. The maximum absolute atomic E-state index is 11.9. The van der Waals surface area contributed by atoms with E-state index in [1.165, 1.54) is 11.1 Å². The number of halogens is 1. The van der Waals surface area contributed by atoms with Crippen LogP contribution < -0.4 is 5.32 Å². The molecule has 1 N–H and O–H groups in total. The molecule has 1 heterocycles. The Kier molecular flexibility index (Phi) is 5.83. The van der Waals surface area contributed by atoms with Crippen molar-refractivity contribution in [3.8, 4) is 0 Å². The highest BCUT2D eigenvalue weighted by atomic mass is 79.9. The summed E-state index contributed by atoms with van der Waals surface area (Å²) in [6.07, 6.45) is 4.52. The van der Waals surface area contributed by atoms with E-state index in [0.29, 0.717) is 6.54 Å². The van der Waals surface area contributed by atoms with Gasteiger partial charge in [-0.15, -0.1) is 0 Å². The lowest BCUT2D eigenvalue weighted by atomic mass is 10.00. The van der Waals surface area contributed by atoms with Gasteiger partial charge in [-0.3, -0.25) is 9.69 Å². The molecule has 0 aromatic heterocycles. The Morgan fingerprint density at radius 1 is 1.12 bits per heavy atom. The van der Waals surface area contributed by atoms with Gasteiger partial charge in [-0.05, 0) is 41.3 Å². The molecule has 2 aromatic carbocycles. The first-order chi connectivity index (χ1) is 11.7. The molecule has 0 spiro atoms. The lowest BCUT2D eigenvalue weighted by Crippen LogP contribution is -2.37.